The zero-order chi connectivity index (χ0) is 13.8. The molecule has 6 heteroatoms. The number of nitrogens with one attached hydrogen (secondary N) is 1. The summed E-state index contributed by atoms with van der Waals surface area (Å²) < 4.78 is 0. The molecule has 1 saturated heterocycles. The van der Waals surface area contributed by atoms with E-state index in [1.807, 2.05) is 0 Å². The number of likely N-dealkylation sites (tertiary alicyclic amines) is 1. The lowest BCUT2D eigenvalue weighted by molar-refractivity contribution is 0.0695. The van der Waals surface area contributed by atoms with E-state index in [0.717, 1.165) is 19.5 Å². The van der Waals surface area contributed by atoms with Crippen LogP contribution in [0.15, 0.2) is 18.3 Å². The van der Waals surface area contributed by atoms with Gasteiger partial charge in [-0.15, -0.1) is 0 Å². The maximum atomic E-state index is 11.8. The Hall–Kier alpha value is -1.95. The van der Waals surface area contributed by atoms with Gasteiger partial charge in [0.2, 0.25) is 0 Å². The van der Waals surface area contributed by atoms with Crippen molar-refractivity contribution in [1.82, 2.24) is 15.2 Å². The second kappa shape index (κ2) is 5.79. The minimum atomic E-state index is -1.05. The van der Waals surface area contributed by atoms with E-state index in [-0.39, 0.29) is 17.2 Å². The largest absolute Gasteiger partial charge is 0.478 e. The summed E-state index contributed by atoms with van der Waals surface area (Å²) in [6.07, 6.45) is 2.28. The van der Waals surface area contributed by atoms with Gasteiger partial charge in [0.15, 0.2) is 0 Å². The first kappa shape index (κ1) is 13.5. The lowest BCUT2D eigenvalue weighted by Gasteiger charge is -2.11. The van der Waals surface area contributed by atoms with Gasteiger partial charge in [0.05, 0.1) is 5.56 Å². The molecule has 1 atom stereocenters. The van der Waals surface area contributed by atoms with E-state index in [4.69, 9.17) is 5.11 Å². The van der Waals surface area contributed by atoms with Gasteiger partial charge in [0.1, 0.15) is 5.69 Å². The quantitative estimate of drug-likeness (QED) is 0.824. The highest BCUT2D eigenvalue weighted by atomic mass is 16.4. The van der Waals surface area contributed by atoms with E-state index in [1.165, 1.54) is 18.3 Å². The fourth-order valence-electron chi connectivity index (χ4n) is 2.18. The maximum Gasteiger partial charge on any atom is 0.337 e. The van der Waals surface area contributed by atoms with Crippen LogP contribution in [0.5, 0.6) is 0 Å². The molecule has 2 rings (SSSR count). The number of carbonyl (C=O) groups excluding carboxylic acids is 1. The number of hydrogen-bond acceptors (Lipinski definition) is 4. The first-order valence-electron chi connectivity index (χ1n) is 6.22. The molecule has 1 amide bonds. The fourth-order valence-corrected chi connectivity index (χ4v) is 2.18. The first-order valence-corrected chi connectivity index (χ1v) is 6.22. The van der Waals surface area contributed by atoms with E-state index in [9.17, 15) is 9.59 Å². The van der Waals surface area contributed by atoms with Gasteiger partial charge in [0.25, 0.3) is 5.91 Å². The van der Waals surface area contributed by atoms with E-state index < -0.39 is 5.97 Å². The highest BCUT2D eigenvalue weighted by molar-refractivity contribution is 5.93. The van der Waals surface area contributed by atoms with Crippen LogP contribution in [-0.4, -0.2) is 53.5 Å². The number of aromatic carboxylic acids is 1. The lowest BCUT2D eigenvalue weighted by atomic mass is 10.1. The molecule has 0 aliphatic carbocycles. The second-order valence-corrected chi connectivity index (χ2v) is 4.86. The average Bonchev–Trinajstić information content (AvgIpc) is 2.82. The Morgan fingerprint density at radius 3 is 2.84 bits per heavy atom. The molecule has 2 N–H and O–H groups in total. The third-order valence-electron chi connectivity index (χ3n) is 3.28. The second-order valence-electron chi connectivity index (χ2n) is 4.86. The van der Waals surface area contributed by atoms with Crippen molar-refractivity contribution in [1.29, 1.82) is 0 Å². The average molecular weight is 263 g/mol. The third-order valence-corrected chi connectivity index (χ3v) is 3.28. The molecule has 6 nitrogen and oxygen atoms in total. The highest BCUT2D eigenvalue weighted by Crippen LogP contribution is 2.13. The zero-order valence-electron chi connectivity index (χ0n) is 10.8. The summed E-state index contributed by atoms with van der Waals surface area (Å²) in [4.78, 5) is 28.6. The molecule has 19 heavy (non-hydrogen) atoms. The fraction of sp³-hybridized carbons (Fsp3) is 0.462. The van der Waals surface area contributed by atoms with Gasteiger partial charge in [0, 0.05) is 19.3 Å². The van der Waals surface area contributed by atoms with Gasteiger partial charge in [-0.25, -0.2) is 4.79 Å². The van der Waals surface area contributed by atoms with Crippen molar-refractivity contribution in [2.75, 3.05) is 26.7 Å². The summed E-state index contributed by atoms with van der Waals surface area (Å²) >= 11 is 0. The van der Waals surface area contributed by atoms with Gasteiger partial charge in [-0.05, 0) is 38.1 Å². The van der Waals surface area contributed by atoms with Gasteiger partial charge in [-0.2, -0.15) is 0 Å². The molecular formula is C13H17N3O3. The maximum absolute atomic E-state index is 11.8. The van der Waals surface area contributed by atoms with Gasteiger partial charge < -0.3 is 15.3 Å². The van der Waals surface area contributed by atoms with Crippen molar-refractivity contribution in [2.24, 2.45) is 5.92 Å². The Morgan fingerprint density at radius 1 is 1.53 bits per heavy atom. The Labute approximate surface area is 111 Å². The standard InChI is InChI=1S/C13H17N3O3/c1-16-5-4-9(8-16)6-15-12(17)11-3-2-10(7-14-11)13(18)19/h2-3,7,9H,4-6,8H2,1H3,(H,15,17)(H,18,19). The molecule has 1 unspecified atom stereocenters. The first-order chi connectivity index (χ1) is 9.06. The SMILES string of the molecule is CN1CCC(CNC(=O)c2ccc(C(=O)O)cn2)C1. The normalized spacial score (nSPS) is 19.3. The molecule has 0 radical (unpaired) electrons. The Balaban J connectivity index is 1.87. The Morgan fingerprint density at radius 2 is 2.32 bits per heavy atom. The van der Waals surface area contributed by atoms with Crippen molar-refractivity contribution in [3.63, 3.8) is 0 Å². The monoisotopic (exact) mass is 263 g/mol. The third kappa shape index (κ3) is 3.51. The molecule has 1 aliphatic rings. The number of amides is 1. The molecule has 0 saturated carbocycles. The van der Waals surface area contributed by atoms with Crippen LogP contribution in [-0.2, 0) is 0 Å². The molecule has 2 heterocycles. The summed E-state index contributed by atoms with van der Waals surface area (Å²) in [7, 11) is 2.06. The lowest BCUT2D eigenvalue weighted by Crippen LogP contribution is -2.31. The minimum Gasteiger partial charge on any atom is -0.478 e. The number of carbonyl (C=O) groups is 2. The smallest absolute Gasteiger partial charge is 0.337 e. The highest BCUT2D eigenvalue weighted by Gasteiger charge is 2.20. The summed E-state index contributed by atoms with van der Waals surface area (Å²) in [5.74, 6) is -0.827. The van der Waals surface area contributed by atoms with Gasteiger partial charge >= 0.3 is 5.97 Å². The molecule has 0 spiro atoms. The molecule has 1 aliphatic heterocycles. The van der Waals surface area contributed by atoms with E-state index in [0.29, 0.717) is 12.5 Å². The molecule has 0 bridgehead atoms. The van der Waals surface area contributed by atoms with Crippen LogP contribution in [0.2, 0.25) is 0 Å². The number of aromatic nitrogens is 1. The summed E-state index contributed by atoms with van der Waals surface area (Å²) in [6.45, 7) is 2.68. The van der Waals surface area contributed by atoms with Crippen LogP contribution in [0.25, 0.3) is 0 Å². The minimum absolute atomic E-state index is 0.0777. The topological polar surface area (TPSA) is 82.5 Å². The number of nitrogens with zero attached hydrogens (tertiary/aromatic N) is 2. The van der Waals surface area contributed by atoms with Gasteiger partial charge in [-0.3, -0.25) is 9.78 Å². The number of carboxylic acid groups (broad SMARTS) is 1. The molecule has 1 aromatic heterocycles. The molecule has 1 fully saturated rings. The predicted octanol–water partition coefficient (Wildman–Crippen LogP) is 0.461. The van der Waals surface area contributed by atoms with Crippen LogP contribution in [0.4, 0.5) is 0 Å². The molecule has 102 valence electrons. The number of pyridine rings is 1. The predicted molar refractivity (Wildman–Crippen MR) is 69.1 cm³/mol. The van der Waals surface area contributed by atoms with E-state index in [2.05, 4.69) is 22.2 Å². The van der Waals surface area contributed by atoms with Crippen molar-refractivity contribution in [3.8, 4) is 0 Å². The van der Waals surface area contributed by atoms with Crippen molar-refractivity contribution in [3.05, 3.63) is 29.6 Å². The van der Waals surface area contributed by atoms with Gasteiger partial charge in [-0.1, -0.05) is 0 Å². The van der Waals surface area contributed by atoms with Crippen molar-refractivity contribution in [2.45, 2.75) is 6.42 Å². The summed E-state index contributed by atoms with van der Waals surface area (Å²) in [6, 6.07) is 2.81. The van der Waals surface area contributed by atoms with Crippen LogP contribution in [0.1, 0.15) is 27.3 Å². The number of carboxylic acids is 1. The van der Waals surface area contributed by atoms with Crippen LogP contribution < -0.4 is 5.32 Å². The Kier molecular flexibility index (Phi) is 4.11. The van der Waals surface area contributed by atoms with Crippen molar-refractivity contribution < 1.29 is 14.7 Å². The number of hydrogen-bond donors (Lipinski definition) is 2. The Bertz CT molecular complexity index is 473. The molecule has 1 aromatic rings. The zero-order valence-corrected chi connectivity index (χ0v) is 10.8. The summed E-state index contributed by atoms with van der Waals surface area (Å²) in [5.41, 5.74) is 0.324. The van der Waals surface area contributed by atoms with Crippen LogP contribution >= 0.6 is 0 Å². The molecule has 0 aromatic carbocycles. The van der Waals surface area contributed by atoms with Crippen molar-refractivity contribution >= 4 is 11.9 Å². The number of rotatable bonds is 4. The van der Waals surface area contributed by atoms with Crippen LogP contribution in [0, 0.1) is 5.92 Å². The molecular weight excluding hydrogens is 246 g/mol. The van der Waals surface area contributed by atoms with Crippen LogP contribution in [0.3, 0.4) is 0 Å². The summed E-state index contributed by atoms with van der Waals surface area (Å²) in [5, 5.41) is 11.6. The van der Waals surface area contributed by atoms with E-state index >= 15 is 0 Å². The van der Waals surface area contributed by atoms with E-state index in [1.54, 1.807) is 0 Å².